The van der Waals surface area contributed by atoms with Crippen LogP contribution in [0.15, 0.2) is 6.07 Å². The molecule has 1 amide bonds. The second-order valence-corrected chi connectivity index (χ2v) is 3.69. The Hall–Kier alpha value is -0.870. The summed E-state index contributed by atoms with van der Waals surface area (Å²) in [4.78, 5) is 20.6. The third kappa shape index (κ3) is 1.81. The van der Waals surface area contributed by atoms with Gasteiger partial charge >= 0.3 is 0 Å². The maximum atomic E-state index is 11.4. The first kappa shape index (κ1) is 9.68. The molecule has 1 fully saturated rings. The fourth-order valence-electron chi connectivity index (χ4n) is 1.41. The van der Waals surface area contributed by atoms with Gasteiger partial charge in [-0.25, -0.2) is 9.97 Å². The molecule has 0 aliphatic carbocycles. The lowest BCUT2D eigenvalue weighted by Crippen LogP contribution is -2.24. The highest BCUT2D eigenvalue weighted by Crippen LogP contribution is 2.22. The van der Waals surface area contributed by atoms with Gasteiger partial charge in [-0.2, -0.15) is 0 Å². The Balaban J connectivity index is 2.35. The molecule has 0 bridgehead atoms. The van der Waals surface area contributed by atoms with Gasteiger partial charge < -0.3 is 0 Å². The number of carbonyl (C=O) groups excluding carboxylic acids is 1. The Kier molecular flexibility index (Phi) is 2.56. The van der Waals surface area contributed by atoms with Gasteiger partial charge in [0.2, 0.25) is 11.2 Å². The van der Waals surface area contributed by atoms with E-state index in [1.165, 1.54) is 6.07 Å². The average Bonchev–Trinajstić information content (AvgIpc) is 2.49. The van der Waals surface area contributed by atoms with Crippen LogP contribution in [0, 0.1) is 0 Å². The van der Waals surface area contributed by atoms with Crippen molar-refractivity contribution < 1.29 is 4.79 Å². The van der Waals surface area contributed by atoms with E-state index < -0.39 is 0 Å². The van der Waals surface area contributed by atoms with Crippen LogP contribution in [0.5, 0.6) is 0 Å². The second-order valence-electron chi connectivity index (χ2n) is 2.97. The molecule has 14 heavy (non-hydrogen) atoms. The number of aromatic nitrogens is 2. The molecule has 2 heterocycles. The molecular weight excluding hydrogens is 225 g/mol. The predicted molar refractivity (Wildman–Crippen MR) is 53.6 cm³/mol. The normalized spacial score (nSPS) is 16.4. The minimum absolute atomic E-state index is 0.0517. The third-order valence-electron chi connectivity index (χ3n) is 2.00. The highest BCUT2D eigenvalue weighted by molar-refractivity contribution is 6.32. The van der Waals surface area contributed by atoms with Gasteiger partial charge in [-0.1, -0.05) is 11.6 Å². The molecule has 1 saturated heterocycles. The van der Waals surface area contributed by atoms with Gasteiger partial charge in [0.1, 0.15) is 11.0 Å². The Morgan fingerprint density at radius 3 is 2.71 bits per heavy atom. The van der Waals surface area contributed by atoms with E-state index in [4.69, 9.17) is 23.2 Å². The molecule has 0 atom stereocenters. The minimum Gasteiger partial charge on any atom is -0.297 e. The first-order valence-electron chi connectivity index (χ1n) is 4.17. The van der Waals surface area contributed by atoms with Crippen LogP contribution in [0.1, 0.15) is 12.8 Å². The van der Waals surface area contributed by atoms with Crippen LogP contribution in [0.3, 0.4) is 0 Å². The Morgan fingerprint density at radius 1 is 1.36 bits per heavy atom. The van der Waals surface area contributed by atoms with Crippen molar-refractivity contribution in [3.05, 3.63) is 16.5 Å². The van der Waals surface area contributed by atoms with E-state index in [2.05, 4.69) is 9.97 Å². The molecule has 4 nitrogen and oxygen atoms in total. The summed E-state index contributed by atoms with van der Waals surface area (Å²) in [6.07, 6.45) is 1.40. The molecule has 6 heteroatoms. The summed E-state index contributed by atoms with van der Waals surface area (Å²) >= 11 is 11.3. The van der Waals surface area contributed by atoms with Crippen molar-refractivity contribution in [1.82, 2.24) is 9.97 Å². The van der Waals surface area contributed by atoms with Crippen LogP contribution in [0.2, 0.25) is 10.4 Å². The zero-order valence-corrected chi connectivity index (χ0v) is 8.72. The van der Waals surface area contributed by atoms with Crippen molar-refractivity contribution in [2.24, 2.45) is 0 Å². The molecule has 0 unspecified atom stereocenters. The van der Waals surface area contributed by atoms with Gasteiger partial charge in [0, 0.05) is 19.0 Å². The fourth-order valence-corrected chi connectivity index (χ4v) is 1.81. The zero-order valence-electron chi connectivity index (χ0n) is 7.20. The molecule has 74 valence electrons. The quantitative estimate of drug-likeness (QED) is 0.548. The molecule has 0 N–H and O–H groups in total. The van der Waals surface area contributed by atoms with Crippen molar-refractivity contribution in [2.45, 2.75) is 12.8 Å². The summed E-state index contributed by atoms with van der Waals surface area (Å²) in [5.74, 6) is 0.535. The molecule has 1 aromatic heterocycles. The third-order valence-corrected chi connectivity index (χ3v) is 2.37. The van der Waals surface area contributed by atoms with Crippen LogP contribution in [-0.2, 0) is 4.79 Å². The van der Waals surface area contributed by atoms with E-state index in [9.17, 15) is 4.79 Å². The van der Waals surface area contributed by atoms with Crippen LogP contribution < -0.4 is 4.90 Å². The summed E-state index contributed by atoms with van der Waals surface area (Å²) in [7, 11) is 0. The SMILES string of the molecule is O=C1CCCN1c1cc(Cl)nc(Cl)n1. The molecule has 1 aromatic rings. The van der Waals surface area contributed by atoms with Crippen molar-refractivity contribution in [3.63, 3.8) is 0 Å². The van der Waals surface area contributed by atoms with Crippen LogP contribution in [0.25, 0.3) is 0 Å². The van der Waals surface area contributed by atoms with Crippen molar-refractivity contribution in [2.75, 3.05) is 11.4 Å². The number of anilines is 1. The highest BCUT2D eigenvalue weighted by Gasteiger charge is 2.23. The summed E-state index contributed by atoms with van der Waals surface area (Å²) < 4.78 is 0. The molecule has 1 aliphatic rings. The number of halogens is 2. The minimum atomic E-state index is 0.0517. The molecule has 0 spiro atoms. The topological polar surface area (TPSA) is 46.1 Å². The Labute approximate surface area is 90.9 Å². The van der Waals surface area contributed by atoms with Gasteiger partial charge in [0.15, 0.2) is 0 Å². The maximum absolute atomic E-state index is 11.4. The van der Waals surface area contributed by atoms with Crippen LogP contribution in [0.4, 0.5) is 5.82 Å². The monoisotopic (exact) mass is 231 g/mol. The summed E-state index contributed by atoms with van der Waals surface area (Å²) in [6.45, 7) is 0.669. The lowest BCUT2D eigenvalue weighted by molar-refractivity contribution is -0.117. The van der Waals surface area contributed by atoms with Gasteiger partial charge in [-0.15, -0.1) is 0 Å². The Morgan fingerprint density at radius 2 is 2.14 bits per heavy atom. The van der Waals surface area contributed by atoms with E-state index in [1.807, 2.05) is 0 Å². The largest absolute Gasteiger partial charge is 0.297 e. The highest BCUT2D eigenvalue weighted by atomic mass is 35.5. The van der Waals surface area contributed by atoms with E-state index in [1.54, 1.807) is 4.90 Å². The molecule has 1 aliphatic heterocycles. The smallest absolute Gasteiger partial charge is 0.228 e. The van der Waals surface area contributed by atoms with Gasteiger partial charge in [0.05, 0.1) is 0 Å². The fraction of sp³-hybridized carbons (Fsp3) is 0.375. The van der Waals surface area contributed by atoms with E-state index in [0.29, 0.717) is 18.8 Å². The number of carbonyl (C=O) groups is 1. The zero-order chi connectivity index (χ0) is 10.1. The van der Waals surface area contributed by atoms with Crippen LogP contribution in [-0.4, -0.2) is 22.4 Å². The van der Waals surface area contributed by atoms with Gasteiger partial charge in [-0.05, 0) is 18.0 Å². The maximum Gasteiger partial charge on any atom is 0.228 e. The molecule has 0 aromatic carbocycles. The lowest BCUT2D eigenvalue weighted by atomic mass is 10.4. The Bertz CT molecular complexity index is 363. The van der Waals surface area contributed by atoms with Crippen molar-refractivity contribution in [1.29, 1.82) is 0 Å². The summed E-state index contributed by atoms with van der Waals surface area (Å²) in [6, 6.07) is 1.54. The number of amides is 1. The molecule has 0 radical (unpaired) electrons. The summed E-state index contributed by atoms with van der Waals surface area (Å²) in [5.41, 5.74) is 0. The first-order valence-corrected chi connectivity index (χ1v) is 4.93. The number of rotatable bonds is 1. The van der Waals surface area contributed by atoms with E-state index in [-0.39, 0.29) is 16.3 Å². The predicted octanol–water partition coefficient (Wildman–Crippen LogP) is 1.91. The van der Waals surface area contributed by atoms with E-state index >= 15 is 0 Å². The number of nitrogens with zero attached hydrogens (tertiary/aromatic N) is 3. The number of hydrogen-bond acceptors (Lipinski definition) is 3. The number of hydrogen-bond donors (Lipinski definition) is 0. The second kappa shape index (κ2) is 3.71. The standard InChI is InChI=1S/C8H7Cl2N3O/c9-5-4-6(12-8(10)11-5)13-3-1-2-7(13)14/h4H,1-3H2. The molecule has 0 saturated carbocycles. The summed E-state index contributed by atoms with van der Waals surface area (Å²) in [5, 5.41) is 0.312. The van der Waals surface area contributed by atoms with Crippen molar-refractivity contribution in [3.8, 4) is 0 Å². The molecular formula is C8H7Cl2N3O. The first-order chi connectivity index (χ1) is 6.66. The van der Waals surface area contributed by atoms with Crippen molar-refractivity contribution >= 4 is 34.9 Å². The average molecular weight is 232 g/mol. The van der Waals surface area contributed by atoms with E-state index in [0.717, 1.165) is 6.42 Å². The lowest BCUT2D eigenvalue weighted by Gasteiger charge is -2.13. The van der Waals surface area contributed by atoms with Gasteiger partial charge in [0.25, 0.3) is 0 Å². The van der Waals surface area contributed by atoms with Gasteiger partial charge in [-0.3, -0.25) is 9.69 Å². The van der Waals surface area contributed by atoms with Crippen LogP contribution >= 0.6 is 23.2 Å². The molecule has 2 rings (SSSR count).